The lowest BCUT2D eigenvalue weighted by Gasteiger charge is -2.25. The number of hydrogen-bond acceptors (Lipinski definition) is 5. The van der Waals surface area contributed by atoms with Gasteiger partial charge >= 0.3 is 0 Å². The molecule has 0 aliphatic heterocycles. The molecule has 0 radical (unpaired) electrons. The third-order valence-corrected chi connectivity index (χ3v) is 3.93. The molecule has 0 saturated heterocycles. The topological polar surface area (TPSA) is 65.2 Å². The van der Waals surface area contributed by atoms with Gasteiger partial charge in [-0.05, 0) is 31.6 Å². The Balaban J connectivity index is 1.88. The summed E-state index contributed by atoms with van der Waals surface area (Å²) in [7, 11) is 1.50. The van der Waals surface area contributed by atoms with E-state index in [0.29, 0.717) is 11.8 Å². The molecule has 0 bridgehead atoms. The minimum Gasteiger partial charge on any atom is -0.377 e. The molecule has 1 aromatic rings. The molecule has 0 atom stereocenters. The van der Waals surface area contributed by atoms with Crippen molar-refractivity contribution < 1.29 is 14.1 Å². The zero-order valence-electron chi connectivity index (χ0n) is 11.7. The largest absolute Gasteiger partial charge is 0.377 e. The Morgan fingerprint density at radius 2 is 2.11 bits per heavy atom. The van der Waals surface area contributed by atoms with Gasteiger partial charge in [0.15, 0.2) is 11.6 Å². The third kappa shape index (κ3) is 3.86. The Morgan fingerprint density at radius 3 is 2.74 bits per heavy atom. The Morgan fingerprint density at radius 1 is 1.37 bits per heavy atom. The predicted octanol–water partition coefficient (Wildman–Crippen LogP) is 2.51. The summed E-state index contributed by atoms with van der Waals surface area (Å²) in [6.45, 7) is 2.35. The Labute approximate surface area is 113 Å². The lowest BCUT2D eigenvalue weighted by molar-refractivity contribution is -0.122. The minimum absolute atomic E-state index is 0.0348. The van der Waals surface area contributed by atoms with Gasteiger partial charge < -0.3 is 9.26 Å². The van der Waals surface area contributed by atoms with Gasteiger partial charge in [-0.15, -0.1) is 0 Å². The lowest BCUT2D eigenvalue weighted by Crippen LogP contribution is -2.14. The summed E-state index contributed by atoms with van der Waals surface area (Å²) in [4.78, 5) is 15.8. The van der Waals surface area contributed by atoms with Crippen LogP contribution in [-0.2, 0) is 16.0 Å². The van der Waals surface area contributed by atoms with Gasteiger partial charge in [0, 0.05) is 13.0 Å². The molecule has 0 amide bonds. The molecule has 5 nitrogen and oxygen atoms in total. The first-order chi connectivity index (χ1) is 9.22. The number of nitrogens with zero attached hydrogens (tertiary/aromatic N) is 2. The van der Waals surface area contributed by atoms with Crippen molar-refractivity contribution in [3.8, 4) is 0 Å². The van der Waals surface area contributed by atoms with Crippen molar-refractivity contribution in [3.63, 3.8) is 0 Å². The van der Waals surface area contributed by atoms with E-state index in [1.54, 1.807) is 0 Å². The highest BCUT2D eigenvalue weighted by molar-refractivity contribution is 5.81. The molecule has 1 aromatic heterocycles. The van der Waals surface area contributed by atoms with Crippen LogP contribution in [0.2, 0.25) is 0 Å². The number of aromatic nitrogens is 2. The molecule has 106 valence electrons. The van der Waals surface area contributed by atoms with Gasteiger partial charge in [-0.1, -0.05) is 18.5 Å². The van der Waals surface area contributed by atoms with Crippen molar-refractivity contribution >= 4 is 5.78 Å². The van der Waals surface area contributed by atoms with Crippen LogP contribution in [0.4, 0.5) is 0 Å². The van der Waals surface area contributed by atoms with Crippen LogP contribution < -0.4 is 0 Å². The fourth-order valence-electron chi connectivity index (χ4n) is 2.72. The predicted molar refractivity (Wildman–Crippen MR) is 69.9 cm³/mol. The van der Waals surface area contributed by atoms with Gasteiger partial charge in [-0.25, -0.2) is 0 Å². The van der Waals surface area contributed by atoms with Crippen molar-refractivity contribution in [3.05, 3.63) is 11.7 Å². The summed E-state index contributed by atoms with van der Waals surface area (Å²) in [5, 5.41) is 4.02. The van der Waals surface area contributed by atoms with Gasteiger partial charge in [-0.2, -0.15) is 4.98 Å². The fraction of sp³-hybridized carbons (Fsp3) is 0.786. The van der Waals surface area contributed by atoms with Crippen LogP contribution in [0.15, 0.2) is 4.52 Å². The smallest absolute Gasteiger partial charge is 0.234 e. The fourth-order valence-corrected chi connectivity index (χ4v) is 2.72. The van der Waals surface area contributed by atoms with Gasteiger partial charge in [-0.3, -0.25) is 4.79 Å². The Kier molecular flexibility index (Phi) is 5.07. The maximum atomic E-state index is 11.4. The summed E-state index contributed by atoms with van der Waals surface area (Å²) < 4.78 is 9.93. The standard InChI is InChI=1S/C14H22N2O3/c1-3-10-4-6-11(7-5-10)14-15-13(19-16-14)8-12(17)9-18-2/h10-11H,3-9H2,1-2H3. The maximum absolute atomic E-state index is 11.4. The highest BCUT2D eigenvalue weighted by atomic mass is 16.5. The second-order valence-electron chi connectivity index (χ2n) is 5.32. The van der Waals surface area contributed by atoms with Crippen molar-refractivity contribution in [2.45, 2.75) is 51.4 Å². The molecular weight excluding hydrogens is 244 g/mol. The number of methoxy groups -OCH3 is 1. The SMILES string of the molecule is CCC1CCC(c2noc(CC(=O)COC)n2)CC1. The van der Waals surface area contributed by atoms with Crippen molar-refractivity contribution in [2.24, 2.45) is 5.92 Å². The summed E-state index contributed by atoms with van der Waals surface area (Å²) in [6, 6.07) is 0. The van der Waals surface area contributed by atoms with E-state index in [9.17, 15) is 4.79 Å². The maximum Gasteiger partial charge on any atom is 0.234 e. The highest BCUT2D eigenvalue weighted by Gasteiger charge is 2.25. The average Bonchev–Trinajstić information content (AvgIpc) is 2.87. The molecular formula is C14H22N2O3. The number of hydrogen-bond donors (Lipinski definition) is 0. The van der Waals surface area contributed by atoms with Gasteiger partial charge in [0.1, 0.15) is 6.61 Å². The van der Waals surface area contributed by atoms with E-state index in [1.165, 1.54) is 26.4 Å². The van der Waals surface area contributed by atoms with Gasteiger partial charge in [0.2, 0.25) is 5.89 Å². The van der Waals surface area contributed by atoms with Crippen LogP contribution in [0.25, 0.3) is 0 Å². The first-order valence-corrected chi connectivity index (χ1v) is 7.06. The summed E-state index contributed by atoms with van der Waals surface area (Å²) in [5.41, 5.74) is 0. The zero-order valence-corrected chi connectivity index (χ0v) is 11.7. The van der Waals surface area contributed by atoms with E-state index in [4.69, 9.17) is 9.26 Å². The van der Waals surface area contributed by atoms with Crippen LogP contribution in [0.1, 0.15) is 56.7 Å². The molecule has 1 aliphatic rings. The molecule has 2 rings (SSSR count). The molecule has 0 unspecified atom stereocenters. The normalized spacial score (nSPS) is 23.5. The highest BCUT2D eigenvalue weighted by Crippen LogP contribution is 2.35. The van der Waals surface area contributed by atoms with Crippen LogP contribution >= 0.6 is 0 Å². The zero-order chi connectivity index (χ0) is 13.7. The van der Waals surface area contributed by atoms with Crippen molar-refractivity contribution in [2.75, 3.05) is 13.7 Å². The Bertz CT molecular complexity index is 409. The number of carbonyl (C=O) groups is 1. The van der Waals surface area contributed by atoms with E-state index in [1.807, 2.05) is 0 Å². The summed E-state index contributed by atoms with van der Waals surface area (Å²) in [6.07, 6.45) is 6.18. The first kappa shape index (κ1) is 14.2. The van der Waals surface area contributed by atoms with Crippen molar-refractivity contribution in [1.82, 2.24) is 10.1 Å². The van der Waals surface area contributed by atoms with E-state index < -0.39 is 0 Å². The monoisotopic (exact) mass is 266 g/mol. The lowest BCUT2D eigenvalue weighted by atomic mass is 9.80. The van der Waals surface area contributed by atoms with Crippen LogP contribution in [0.3, 0.4) is 0 Å². The summed E-state index contributed by atoms with van der Waals surface area (Å²) in [5.74, 6) is 2.40. The van der Waals surface area contributed by atoms with Crippen LogP contribution in [0, 0.1) is 5.92 Å². The number of carbonyl (C=O) groups excluding carboxylic acids is 1. The molecule has 1 saturated carbocycles. The number of Topliss-reactive ketones (excluding diaryl/α,β-unsaturated/α-hetero) is 1. The quantitative estimate of drug-likeness (QED) is 0.791. The van der Waals surface area contributed by atoms with Crippen LogP contribution in [-0.4, -0.2) is 29.6 Å². The first-order valence-electron chi connectivity index (χ1n) is 7.06. The molecule has 19 heavy (non-hydrogen) atoms. The molecule has 1 aliphatic carbocycles. The van der Waals surface area contributed by atoms with E-state index in [2.05, 4.69) is 17.1 Å². The average molecular weight is 266 g/mol. The third-order valence-electron chi connectivity index (χ3n) is 3.93. The molecule has 5 heteroatoms. The summed E-state index contributed by atoms with van der Waals surface area (Å²) >= 11 is 0. The minimum atomic E-state index is -0.0348. The molecule has 0 aromatic carbocycles. The van der Waals surface area contributed by atoms with Crippen molar-refractivity contribution in [1.29, 1.82) is 0 Å². The number of ketones is 1. The molecule has 1 fully saturated rings. The Hall–Kier alpha value is -1.23. The van der Waals surface area contributed by atoms with Crippen LogP contribution in [0.5, 0.6) is 0 Å². The molecule has 1 heterocycles. The second-order valence-corrected chi connectivity index (χ2v) is 5.32. The van der Waals surface area contributed by atoms with E-state index in [-0.39, 0.29) is 18.8 Å². The van der Waals surface area contributed by atoms with E-state index in [0.717, 1.165) is 24.6 Å². The van der Waals surface area contributed by atoms with Gasteiger partial charge in [0.25, 0.3) is 0 Å². The molecule has 0 spiro atoms. The van der Waals surface area contributed by atoms with E-state index >= 15 is 0 Å². The van der Waals surface area contributed by atoms with Gasteiger partial charge in [0.05, 0.1) is 6.42 Å². The second kappa shape index (κ2) is 6.80. The number of rotatable bonds is 6. The number of ether oxygens (including phenoxy) is 1. The molecule has 0 N–H and O–H groups in total.